The average Bonchev–Trinajstić information content (AvgIpc) is 2.72. The number of unbranched alkanes of at least 4 members (excludes halogenated alkanes) is 3. The Bertz CT molecular complexity index is 620. The van der Waals surface area contributed by atoms with Crippen LogP contribution >= 0.6 is 0 Å². The molecular weight excluding hydrogens is 360 g/mol. The van der Waals surface area contributed by atoms with Crippen molar-refractivity contribution in [2.45, 2.75) is 96.3 Å². The number of aliphatic hydroxyl groups is 1. The summed E-state index contributed by atoms with van der Waals surface area (Å²) in [5.74, 6) is 1.08. The van der Waals surface area contributed by atoms with Gasteiger partial charge >= 0.3 is 0 Å². The summed E-state index contributed by atoms with van der Waals surface area (Å²) in [7, 11) is 0. The first-order chi connectivity index (χ1) is 13.9. The molecular formula is C26H42O3. The number of aliphatic hydroxyl groups excluding tert-OH is 1. The predicted molar refractivity (Wildman–Crippen MR) is 123 cm³/mol. The summed E-state index contributed by atoms with van der Waals surface area (Å²) >= 11 is 0. The third-order valence-electron chi connectivity index (χ3n) is 6.41. The van der Waals surface area contributed by atoms with Crippen LogP contribution in [0, 0.1) is 5.92 Å². The molecule has 2 rings (SSSR count). The molecule has 2 N–H and O–H groups in total. The van der Waals surface area contributed by atoms with Gasteiger partial charge in [0.2, 0.25) is 0 Å². The van der Waals surface area contributed by atoms with E-state index in [0.717, 1.165) is 31.2 Å². The molecule has 1 aromatic rings. The van der Waals surface area contributed by atoms with E-state index in [1.54, 1.807) is 0 Å². The number of benzene rings is 1. The number of carbonyl (C=O) groups is 1. The SMILES string of the molecule is C=C.CCCCCCC(C)(C)c1ccc([C@H]2CC(=O)CC[C@@H]2CCCO)c(O)c1. The third kappa shape index (κ3) is 7.62. The van der Waals surface area contributed by atoms with Gasteiger partial charge in [-0.25, -0.2) is 0 Å². The van der Waals surface area contributed by atoms with Gasteiger partial charge < -0.3 is 10.2 Å². The summed E-state index contributed by atoms with van der Waals surface area (Å²) < 4.78 is 0. The molecule has 1 fully saturated rings. The normalized spacial score (nSPS) is 19.5. The quantitative estimate of drug-likeness (QED) is 0.339. The zero-order valence-electron chi connectivity index (χ0n) is 18.9. The average molecular weight is 403 g/mol. The van der Waals surface area contributed by atoms with E-state index in [0.29, 0.717) is 30.3 Å². The highest BCUT2D eigenvalue weighted by Gasteiger charge is 2.32. The Morgan fingerprint density at radius 1 is 1.14 bits per heavy atom. The summed E-state index contributed by atoms with van der Waals surface area (Å²) in [5, 5.41) is 20.0. The number of Topliss-reactive ketones (excluding diaryl/α,β-unsaturated/α-hetero) is 1. The highest BCUT2D eigenvalue weighted by molar-refractivity contribution is 5.80. The highest BCUT2D eigenvalue weighted by atomic mass is 16.3. The Morgan fingerprint density at radius 3 is 2.48 bits per heavy atom. The monoisotopic (exact) mass is 402 g/mol. The molecule has 0 unspecified atom stereocenters. The first-order valence-electron chi connectivity index (χ1n) is 11.3. The second kappa shape index (κ2) is 12.8. The molecule has 1 aliphatic carbocycles. The number of rotatable bonds is 10. The number of ketones is 1. The molecule has 0 aliphatic heterocycles. The second-order valence-electron chi connectivity index (χ2n) is 8.98. The maximum absolute atomic E-state index is 12.0. The van der Waals surface area contributed by atoms with Crippen molar-refractivity contribution in [3.63, 3.8) is 0 Å². The number of hydrogen-bond acceptors (Lipinski definition) is 3. The standard InChI is InChI=1S/C24H38O3.C2H4/c1-4-5-6-7-14-24(2,3)19-11-13-21(23(27)16-19)22-17-20(26)12-10-18(22)9-8-15-25;1-2/h11,13,16,18,22,25,27H,4-10,12,14-15,17H2,1-3H3;1-2H2/t18-,22-;/m0./s1. The lowest BCUT2D eigenvalue weighted by atomic mass is 9.72. The fourth-order valence-electron chi connectivity index (χ4n) is 4.54. The topological polar surface area (TPSA) is 57.5 Å². The van der Waals surface area contributed by atoms with E-state index in [4.69, 9.17) is 0 Å². The Labute approximate surface area is 178 Å². The summed E-state index contributed by atoms with van der Waals surface area (Å²) in [4.78, 5) is 12.0. The van der Waals surface area contributed by atoms with Crippen LogP contribution in [-0.2, 0) is 10.2 Å². The molecule has 0 amide bonds. The molecule has 0 bridgehead atoms. The van der Waals surface area contributed by atoms with Crippen LogP contribution in [0.3, 0.4) is 0 Å². The number of hydrogen-bond donors (Lipinski definition) is 2. The summed E-state index contributed by atoms with van der Waals surface area (Å²) in [6, 6.07) is 6.13. The van der Waals surface area contributed by atoms with E-state index in [9.17, 15) is 15.0 Å². The molecule has 0 heterocycles. The first-order valence-corrected chi connectivity index (χ1v) is 11.3. The second-order valence-corrected chi connectivity index (χ2v) is 8.98. The molecule has 164 valence electrons. The van der Waals surface area contributed by atoms with Gasteiger partial charge in [-0.05, 0) is 60.1 Å². The third-order valence-corrected chi connectivity index (χ3v) is 6.41. The van der Waals surface area contributed by atoms with Crippen molar-refractivity contribution in [1.29, 1.82) is 0 Å². The van der Waals surface area contributed by atoms with Crippen LogP contribution in [-0.4, -0.2) is 22.6 Å². The van der Waals surface area contributed by atoms with Gasteiger partial charge in [-0.3, -0.25) is 4.79 Å². The largest absolute Gasteiger partial charge is 0.508 e. The van der Waals surface area contributed by atoms with Gasteiger partial charge in [0.05, 0.1) is 0 Å². The first kappa shape index (κ1) is 25.4. The highest BCUT2D eigenvalue weighted by Crippen LogP contribution is 2.43. The van der Waals surface area contributed by atoms with Crippen molar-refractivity contribution in [1.82, 2.24) is 0 Å². The Morgan fingerprint density at radius 2 is 1.86 bits per heavy atom. The van der Waals surface area contributed by atoms with Crippen LogP contribution in [0.5, 0.6) is 5.75 Å². The lowest BCUT2D eigenvalue weighted by Crippen LogP contribution is -2.24. The van der Waals surface area contributed by atoms with Crippen molar-refractivity contribution in [3.8, 4) is 5.75 Å². The maximum atomic E-state index is 12.0. The van der Waals surface area contributed by atoms with Crippen LogP contribution in [0.2, 0.25) is 0 Å². The van der Waals surface area contributed by atoms with Crippen molar-refractivity contribution < 1.29 is 15.0 Å². The summed E-state index contributed by atoms with van der Waals surface area (Å²) in [5.41, 5.74) is 2.13. The van der Waals surface area contributed by atoms with Crippen molar-refractivity contribution in [2.24, 2.45) is 5.92 Å². The van der Waals surface area contributed by atoms with E-state index in [2.05, 4.69) is 40.0 Å². The Kier molecular flexibility index (Phi) is 11.3. The number of aromatic hydroxyl groups is 1. The van der Waals surface area contributed by atoms with E-state index in [1.807, 2.05) is 12.1 Å². The number of phenolic OH excluding ortho intramolecular Hbond substituents is 1. The Hall–Kier alpha value is -1.61. The lowest BCUT2D eigenvalue weighted by molar-refractivity contribution is -0.121. The van der Waals surface area contributed by atoms with Crippen LogP contribution in [0.4, 0.5) is 0 Å². The zero-order chi connectivity index (χ0) is 21.9. The summed E-state index contributed by atoms with van der Waals surface area (Å²) in [6.07, 6.45) is 9.82. The number of carbonyl (C=O) groups excluding carboxylic acids is 1. The van der Waals surface area contributed by atoms with E-state index in [1.165, 1.54) is 31.2 Å². The molecule has 0 saturated heterocycles. The van der Waals surface area contributed by atoms with Gasteiger partial charge in [-0.15, -0.1) is 13.2 Å². The van der Waals surface area contributed by atoms with E-state index in [-0.39, 0.29) is 17.9 Å². The molecule has 3 heteroatoms. The minimum Gasteiger partial charge on any atom is -0.508 e. The fourth-order valence-corrected chi connectivity index (χ4v) is 4.54. The van der Waals surface area contributed by atoms with E-state index < -0.39 is 0 Å². The minimum atomic E-state index is 0.0441. The lowest BCUT2D eigenvalue weighted by Gasteiger charge is -2.32. The Balaban J connectivity index is 0.00000204. The van der Waals surface area contributed by atoms with Crippen LogP contribution in [0.1, 0.15) is 102 Å². The van der Waals surface area contributed by atoms with Crippen LogP contribution < -0.4 is 0 Å². The van der Waals surface area contributed by atoms with Crippen molar-refractivity contribution in [2.75, 3.05) is 6.61 Å². The summed E-state index contributed by atoms with van der Waals surface area (Å²) in [6.45, 7) is 12.9. The molecule has 0 radical (unpaired) electrons. The minimum absolute atomic E-state index is 0.0441. The molecule has 1 aromatic carbocycles. The van der Waals surface area contributed by atoms with Gasteiger partial charge in [0.25, 0.3) is 0 Å². The molecule has 0 aromatic heterocycles. The van der Waals surface area contributed by atoms with Crippen molar-refractivity contribution in [3.05, 3.63) is 42.5 Å². The van der Waals surface area contributed by atoms with E-state index >= 15 is 0 Å². The zero-order valence-corrected chi connectivity index (χ0v) is 18.9. The predicted octanol–water partition coefficient (Wildman–Crippen LogP) is 6.67. The van der Waals surface area contributed by atoms with Crippen LogP contribution in [0.15, 0.2) is 31.4 Å². The van der Waals surface area contributed by atoms with Gasteiger partial charge in [-0.2, -0.15) is 0 Å². The van der Waals surface area contributed by atoms with Crippen LogP contribution in [0.25, 0.3) is 0 Å². The molecule has 0 spiro atoms. The number of phenols is 1. The van der Waals surface area contributed by atoms with Gasteiger partial charge in [0.1, 0.15) is 11.5 Å². The van der Waals surface area contributed by atoms with Crippen molar-refractivity contribution >= 4 is 5.78 Å². The molecule has 3 nitrogen and oxygen atoms in total. The van der Waals surface area contributed by atoms with Gasteiger partial charge in [0, 0.05) is 19.4 Å². The molecule has 1 aliphatic rings. The maximum Gasteiger partial charge on any atom is 0.133 e. The smallest absolute Gasteiger partial charge is 0.133 e. The molecule has 29 heavy (non-hydrogen) atoms. The van der Waals surface area contributed by atoms with Gasteiger partial charge in [0.15, 0.2) is 0 Å². The molecule has 2 atom stereocenters. The van der Waals surface area contributed by atoms with Gasteiger partial charge in [-0.1, -0.05) is 58.6 Å². The fraction of sp³-hybridized carbons (Fsp3) is 0.654. The molecule has 1 saturated carbocycles.